The summed E-state index contributed by atoms with van der Waals surface area (Å²) in [6.07, 6.45) is 0. The highest BCUT2D eigenvalue weighted by atomic mass is 32.2. The van der Waals surface area contributed by atoms with E-state index in [4.69, 9.17) is 4.52 Å². The molecule has 8 nitrogen and oxygen atoms in total. The quantitative estimate of drug-likeness (QED) is 0.572. The Kier molecular flexibility index (Phi) is 5.99. The second kappa shape index (κ2) is 8.30. The summed E-state index contributed by atoms with van der Waals surface area (Å²) in [5.41, 5.74) is 3.01. The first-order chi connectivity index (χ1) is 13.7. The molecule has 2 heterocycles. The highest BCUT2D eigenvalue weighted by molar-refractivity contribution is 7.89. The van der Waals surface area contributed by atoms with Crippen molar-refractivity contribution in [2.75, 3.05) is 13.1 Å². The Bertz CT molecular complexity index is 1140. The normalized spacial score (nSPS) is 11.9. The summed E-state index contributed by atoms with van der Waals surface area (Å²) >= 11 is 0. The molecule has 0 radical (unpaired) electrons. The molecule has 0 aliphatic heterocycles. The molecule has 0 saturated heterocycles. The van der Waals surface area contributed by atoms with E-state index in [1.807, 2.05) is 20.8 Å². The molecule has 2 N–H and O–H groups in total. The first-order valence-corrected chi connectivity index (χ1v) is 10.8. The second-order valence-electron chi connectivity index (χ2n) is 7.16. The van der Waals surface area contributed by atoms with E-state index in [1.165, 1.54) is 0 Å². The van der Waals surface area contributed by atoms with Gasteiger partial charge in [-0.2, -0.15) is 0 Å². The molecule has 0 atom stereocenters. The molecular weight excluding hydrogens is 392 g/mol. The minimum absolute atomic E-state index is 0.0653. The average Bonchev–Trinajstić information content (AvgIpc) is 3.05. The van der Waals surface area contributed by atoms with Crippen LogP contribution in [0.5, 0.6) is 0 Å². The second-order valence-corrected chi connectivity index (χ2v) is 8.93. The number of hydrogen-bond acceptors (Lipinski definition) is 6. The number of nitrogens with zero attached hydrogens (tertiary/aromatic N) is 2. The Morgan fingerprint density at radius 2 is 1.83 bits per heavy atom. The van der Waals surface area contributed by atoms with Crippen LogP contribution in [0.4, 0.5) is 0 Å². The van der Waals surface area contributed by atoms with Crippen molar-refractivity contribution in [3.63, 3.8) is 0 Å². The maximum Gasteiger partial charge on any atom is 0.259 e. The van der Waals surface area contributed by atoms with Gasteiger partial charge in [0, 0.05) is 18.8 Å². The molecule has 154 valence electrons. The Hall–Kier alpha value is -2.78. The number of amides is 1. The first-order valence-electron chi connectivity index (χ1n) is 9.30. The lowest BCUT2D eigenvalue weighted by Crippen LogP contribution is -2.34. The maximum atomic E-state index is 12.7. The zero-order chi connectivity index (χ0) is 21.2. The first kappa shape index (κ1) is 20.9. The predicted octanol–water partition coefficient (Wildman–Crippen LogP) is 2.67. The van der Waals surface area contributed by atoms with Gasteiger partial charge in [0.2, 0.25) is 10.0 Å². The number of aromatic nitrogens is 2. The van der Waals surface area contributed by atoms with E-state index in [9.17, 15) is 13.2 Å². The van der Waals surface area contributed by atoms with Crippen molar-refractivity contribution in [1.82, 2.24) is 20.2 Å². The van der Waals surface area contributed by atoms with Gasteiger partial charge in [0.1, 0.15) is 0 Å². The molecule has 0 bridgehead atoms. The highest BCUT2D eigenvalue weighted by Crippen LogP contribution is 2.25. The van der Waals surface area contributed by atoms with Gasteiger partial charge in [0.05, 0.1) is 21.5 Å². The van der Waals surface area contributed by atoms with E-state index >= 15 is 0 Å². The lowest BCUT2D eigenvalue weighted by molar-refractivity contribution is 0.0955. The van der Waals surface area contributed by atoms with Crippen molar-refractivity contribution in [3.8, 4) is 0 Å². The molecule has 29 heavy (non-hydrogen) atoms. The lowest BCUT2D eigenvalue weighted by atomic mass is 10.0. The molecular formula is C20H24N4O4S. The summed E-state index contributed by atoms with van der Waals surface area (Å²) in [6.45, 7) is 7.77. The number of rotatable bonds is 7. The molecule has 0 fully saturated rings. The fraction of sp³-hybridized carbons (Fsp3) is 0.350. The van der Waals surface area contributed by atoms with E-state index in [2.05, 4.69) is 20.2 Å². The van der Waals surface area contributed by atoms with Crippen LogP contribution in [0.2, 0.25) is 0 Å². The van der Waals surface area contributed by atoms with Crippen LogP contribution in [0.15, 0.2) is 39.8 Å². The Balaban J connectivity index is 1.68. The minimum Gasteiger partial charge on any atom is -0.351 e. The van der Waals surface area contributed by atoms with E-state index in [-0.39, 0.29) is 29.8 Å². The number of carbonyl (C=O) groups excluding carboxylic acids is 1. The van der Waals surface area contributed by atoms with Crippen LogP contribution in [-0.2, 0) is 10.0 Å². The number of nitrogens with one attached hydrogen (secondary N) is 2. The lowest BCUT2D eigenvalue weighted by Gasteiger charge is -2.10. The third-order valence-electron chi connectivity index (χ3n) is 4.51. The van der Waals surface area contributed by atoms with Crippen LogP contribution < -0.4 is 10.0 Å². The van der Waals surface area contributed by atoms with Gasteiger partial charge in [0.25, 0.3) is 11.6 Å². The van der Waals surface area contributed by atoms with Crippen molar-refractivity contribution in [1.29, 1.82) is 0 Å². The van der Waals surface area contributed by atoms with Crippen molar-refractivity contribution in [2.24, 2.45) is 0 Å². The number of pyridine rings is 1. The molecule has 2 aromatic heterocycles. The van der Waals surface area contributed by atoms with Gasteiger partial charge in [-0.25, -0.2) is 18.1 Å². The number of benzene rings is 1. The summed E-state index contributed by atoms with van der Waals surface area (Å²) in [4.78, 5) is 17.3. The standard InChI is InChI=1S/C20H24N4O4S/c1-12(2)17-11-16(18-14(4)24-28-20(18)23-17)19(25)21-9-10-22-29(26,27)15-7-5-13(3)6-8-15/h5-8,11-12,22H,9-10H2,1-4H3,(H,21,25). The Morgan fingerprint density at radius 3 is 2.48 bits per heavy atom. The monoisotopic (exact) mass is 416 g/mol. The zero-order valence-corrected chi connectivity index (χ0v) is 17.6. The third-order valence-corrected chi connectivity index (χ3v) is 5.98. The maximum absolute atomic E-state index is 12.7. The summed E-state index contributed by atoms with van der Waals surface area (Å²) in [6, 6.07) is 8.29. The number of aryl methyl sites for hydroxylation is 2. The molecule has 0 saturated carbocycles. The van der Waals surface area contributed by atoms with Gasteiger partial charge in [-0.15, -0.1) is 0 Å². The minimum atomic E-state index is -3.63. The number of fused-ring (bicyclic) bond motifs is 1. The van der Waals surface area contributed by atoms with Gasteiger partial charge < -0.3 is 9.84 Å². The largest absolute Gasteiger partial charge is 0.351 e. The van der Waals surface area contributed by atoms with Crippen molar-refractivity contribution >= 4 is 27.0 Å². The molecule has 9 heteroatoms. The fourth-order valence-electron chi connectivity index (χ4n) is 2.85. The molecule has 0 spiro atoms. The van der Waals surface area contributed by atoms with Crippen molar-refractivity contribution in [2.45, 2.75) is 38.5 Å². The zero-order valence-electron chi connectivity index (χ0n) is 16.8. The van der Waals surface area contributed by atoms with E-state index < -0.39 is 10.0 Å². The van der Waals surface area contributed by atoms with Crippen LogP contribution in [0, 0.1) is 13.8 Å². The van der Waals surface area contributed by atoms with Crippen molar-refractivity contribution in [3.05, 3.63) is 52.8 Å². The summed E-state index contributed by atoms with van der Waals surface area (Å²) in [7, 11) is -3.63. The fourth-order valence-corrected chi connectivity index (χ4v) is 3.88. The molecule has 0 aliphatic rings. The van der Waals surface area contributed by atoms with Gasteiger partial charge >= 0.3 is 0 Å². The third kappa shape index (κ3) is 4.63. The number of carbonyl (C=O) groups is 1. The summed E-state index contributed by atoms with van der Waals surface area (Å²) in [5, 5.41) is 7.21. The van der Waals surface area contributed by atoms with E-state index in [0.717, 1.165) is 11.3 Å². The summed E-state index contributed by atoms with van der Waals surface area (Å²) < 4.78 is 32.3. The highest BCUT2D eigenvalue weighted by Gasteiger charge is 2.20. The van der Waals surface area contributed by atoms with Gasteiger partial charge in [-0.1, -0.05) is 36.7 Å². The molecule has 3 rings (SSSR count). The van der Waals surface area contributed by atoms with Crippen LogP contribution in [-0.4, -0.2) is 37.6 Å². The smallest absolute Gasteiger partial charge is 0.259 e. The Morgan fingerprint density at radius 1 is 1.14 bits per heavy atom. The Labute approximate surface area is 169 Å². The molecule has 1 amide bonds. The number of sulfonamides is 1. The summed E-state index contributed by atoms with van der Waals surface area (Å²) in [5.74, 6) is -0.224. The van der Waals surface area contributed by atoms with Gasteiger partial charge in [-0.3, -0.25) is 4.79 Å². The number of hydrogen-bond donors (Lipinski definition) is 2. The van der Waals surface area contributed by atoms with Gasteiger partial charge in [0.15, 0.2) is 0 Å². The van der Waals surface area contributed by atoms with E-state index in [0.29, 0.717) is 22.4 Å². The topological polar surface area (TPSA) is 114 Å². The predicted molar refractivity (Wildman–Crippen MR) is 109 cm³/mol. The molecule has 1 aromatic carbocycles. The molecule has 0 unspecified atom stereocenters. The molecule has 0 aliphatic carbocycles. The SMILES string of the molecule is Cc1ccc(S(=O)(=O)NCCNC(=O)c2cc(C(C)C)nc3onc(C)c23)cc1. The van der Waals surface area contributed by atoms with Crippen LogP contribution in [0.3, 0.4) is 0 Å². The van der Waals surface area contributed by atoms with Gasteiger partial charge in [-0.05, 0) is 38.0 Å². The van der Waals surface area contributed by atoms with Crippen LogP contribution in [0.25, 0.3) is 11.1 Å². The van der Waals surface area contributed by atoms with Crippen LogP contribution in [0.1, 0.15) is 47.1 Å². The average molecular weight is 417 g/mol. The van der Waals surface area contributed by atoms with E-state index in [1.54, 1.807) is 37.3 Å². The van der Waals surface area contributed by atoms with Crippen LogP contribution >= 0.6 is 0 Å². The molecule has 3 aromatic rings. The van der Waals surface area contributed by atoms with Crippen molar-refractivity contribution < 1.29 is 17.7 Å².